The number of aryl methyl sites for hydroxylation is 2. The van der Waals surface area contributed by atoms with Gasteiger partial charge in [-0.05, 0) is 0 Å². The maximum Gasteiger partial charge on any atom is 0.278 e. The molecule has 0 atom stereocenters. The van der Waals surface area contributed by atoms with Crippen LogP contribution in [0.2, 0.25) is 0 Å². The van der Waals surface area contributed by atoms with Crippen molar-refractivity contribution in [2.24, 2.45) is 7.05 Å². The minimum absolute atomic E-state index is 0. The summed E-state index contributed by atoms with van der Waals surface area (Å²) in [5.41, 5.74) is 1.11. The molecule has 0 aliphatic heterocycles. The molecular weight excluding hydrogens is 255 g/mol. The first-order valence-corrected chi connectivity index (χ1v) is 3.12. The lowest BCUT2D eigenvalue weighted by Crippen LogP contribution is -3.00. The molecule has 0 bridgehead atoms. The monoisotopic (exact) mass is 266 g/mol. The van der Waals surface area contributed by atoms with Gasteiger partial charge in [-0.15, -0.1) is 0 Å². The molecule has 0 saturated heterocycles. The van der Waals surface area contributed by atoms with E-state index >= 15 is 0 Å². The van der Waals surface area contributed by atoms with Crippen molar-refractivity contribution in [3.05, 3.63) is 17.8 Å². The van der Waals surface area contributed by atoms with E-state index in [2.05, 4.69) is 5.10 Å². The summed E-state index contributed by atoms with van der Waals surface area (Å²) in [5, 5.41) is 4.09. The molecule has 0 N–H and O–H groups in total. The standard InChI is InChI=1S/C7H11N2O.HI/c1-6-4-5-7(10-3)8-9(6)2;/h4-5H,1-3H3;1H/q+1;/p-1. The second kappa shape index (κ2) is 4.48. The molecule has 0 unspecified atom stereocenters. The highest BCUT2D eigenvalue weighted by Crippen LogP contribution is 1.99. The minimum Gasteiger partial charge on any atom is -1.00 e. The topological polar surface area (TPSA) is 26.0 Å². The maximum atomic E-state index is 4.92. The van der Waals surface area contributed by atoms with Crippen LogP contribution in [0.25, 0.3) is 0 Å². The number of rotatable bonds is 1. The fourth-order valence-electron chi connectivity index (χ4n) is 0.669. The summed E-state index contributed by atoms with van der Waals surface area (Å²) in [6.45, 7) is 1.99. The van der Waals surface area contributed by atoms with Crippen molar-refractivity contribution < 1.29 is 33.4 Å². The largest absolute Gasteiger partial charge is 1.00 e. The molecule has 0 spiro atoms. The molecule has 0 fully saturated rings. The molecule has 0 aromatic carbocycles. The van der Waals surface area contributed by atoms with Crippen LogP contribution in [-0.2, 0) is 7.05 Å². The molecule has 11 heavy (non-hydrogen) atoms. The van der Waals surface area contributed by atoms with Gasteiger partial charge in [0.25, 0.3) is 5.88 Å². The Balaban J connectivity index is 0.000001000. The molecule has 3 nitrogen and oxygen atoms in total. The molecule has 4 heteroatoms. The van der Waals surface area contributed by atoms with Crippen molar-refractivity contribution in [2.45, 2.75) is 6.92 Å². The van der Waals surface area contributed by atoms with E-state index in [9.17, 15) is 0 Å². The van der Waals surface area contributed by atoms with Gasteiger partial charge in [0.1, 0.15) is 0 Å². The lowest BCUT2D eigenvalue weighted by Gasteiger charge is -1.94. The second-order valence-electron chi connectivity index (χ2n) is 2.14. The fraction of sp³-hybridized carbons (Fsp3) is 0.429. The number of aromatic nitrogens is 2. The van der Waals surface area contributed by atoms with Crippen LogP contribution < -0.4 is 33.4 Å². The second-order valence-corrected chi connectivity index (χ2v) is 2.14. The Morgan fingerprint density at radius 2 is 2.09 bits per heavy atom. The molecule has 0 amide bonds. The zero-order valence-electron chi connectivity index (χ0n) is 6.84. The Kier molecular flexibility index (Phi) is 4.32. The molecule has 0 radical (unpaired) electrons. The first-order chi connectivity index (χ1) is 4.74. The summed E-state index contributed by atoms with van der Waals surface area (Å²) in [6, 6.07) is 3.81. The Bertz CT molecular complexity index is 240. The Morgan fingerprint density at radius 3 is 2.55 bits per heavy atom. The smallest absolute Gasteiger partial charge is 0.278 e. The summed E-state index contributed by atoms with van der Waals surface area (Å²) in [7, 11) is 3.50. The molecule has 1 aromatic heterocycles. The first kappa shape index (κ1) is 10.6. The number of halogens is 1. The van der Waals surface area contributed by atoms with Gasteiger partial charge in [0.05, 0.1) is 7.11 Å². The first-order valence-electron chi connectivity index (χ1n) is 3.12. The lowest BCUT2D eigenvalue weighted by molar-refractivity contribution is -0.736. The van der Waals surface area contributed by atoms with E-state index in [-0.39, 0.29) is 24.0 Å². The van der Waals surface area contributed by atoms with Gasteiger partial charge in [-0.2, -0.15) is 0 Å². The van der Waals surface area contributed by atoms with Crippen LogP contribution in [-0.4, -0.2) is 12.2 Å². The highest BCUT2D eigenvalue weighted by molar-refractivity contribution is 5.06. The van der Waals surface area contributed by atoms with E-state index in [1.54, 1.807) is 11.8 Å². The van der Waals surface area contributed by atoms with Gasteiger partial charge < -0.3 is 28.7 Å². The summed E-state index contributed by atoms with van der Waals surface area (Å²) in [4.78, 5) is 0. The average molecular weight is 266 g/mol. The number of hydrogen-bond acceptors (Lipinski definition) is 2. The zero-order chi connectivity index (χ0) is 7.56. The fourth-order valence-corrected chi connectivity index (χ4v) is 0.669. The van der Waals surface area contributed by atoms with E-state index in [1.165, 1.54) is 0 Å². The Labute approximate surface area is 83.4 Å². The van der Waals surface area contributed by atoms with Gasteiger partial charge in [0, 0.05) is 24.2 Å². The summed E-state index contributed by atoms with van der Waals surface area (Å²) >= 11 is 0. The predicted octanol–water partition coefficient (Wildman–Crippen LogP) is -2.77. The van der Waals surface area contributed by atoms with E-state index in [0.29, 0.717) is 5.88 Å². The SMILES string of the molecule is COc1ccc(C)[n+](C)n1.[I-]. The third-order valence-electron chi connectivity index (χ3n) is 1.44. The average Bonchev–Trinajstić information content (AvgIpc) is 1.95. The van der Waals surface area contributed by atoms with E-state index in [4.69, 9.17) is 4.74 Å². The summed E-state index contributed by atoms with van der Waals surface area (Å²) < 4.78 is 6.69. The highest BCUT2D eigenvalue weighted by Gasteiger charge is 2.02. The summed E-state index contributed by atoms with van der Waals surface area (Å²) in [6.07, 6.45) is 0. The normalized spacial score (nSPS) is 8.64. The van der Waals surface area contributed by atoms with Gasteiger partial charge in [0.2, 0.25) is 5.69 Å². The number of ether oxygens (including phenoxy) is 1. The van der Waals surface area contributed by atoms with Crippen molar-refractivity contribution in [2.75, 3.05) is 7.11 Å². The lowest BCUT2D eigenvalue weighted by atomic mass is 10.4. The van der Waals surface area contributed by atoms with Crippen LogP contribution in [0.4, 0.5) is 0 Å². The molecule has 0 aliphatic carbocycles. The van der Waals surface area contributed by atoms with Crippen LogP contribution in [0, 0.1) is 6.92 Å². The number of nitrogens with zero attached hydrogens (tertiary/aromatic N) is 2. The number of hydrogen-bond donors (Lipinski definition) is 0. The van der Waals surface area contributed by atoms with E-state index < -0.39 is 0 Å². The molecule has 62 valence electrons. The van der Waals surface area contributed by atoms with Crippen LogP contribution in [0.5, 0.6) is 5.88 Å². The highest BCUT2D eigenvalue weighted by atomic mass is 127. The van der Waals surface area contributed by atoms with Gasteiger partial charge >= 0.3 is 0 Å². The van der Waals surface area contributed by atoms with Gasteiger partial charge in [0.15, 0.2) is 7.05 Å². The summed E-state index contributed by atoms with van der Waals surface area (Å²) in [5.74, 6) is 0.646. The molecular formula is C7H11IN2O. The number of methoxy groups -OCH3 is 1. The van der Waals surface area contributed by atoms with Gasteiger partial charge in [-0.25, -0.2) is 0 Å². The zero-order valence-corrected chi connectivity index (χ0v) is 8.99. The maximum absolute atomic E-state index is 4.92. The molecule has 1 aromatic rings. The van der Waals surface area contributed by atoms with E-state index in [0.717, 1.165) is 5.69 Å². The molecule has 1 heterocycles. The molecule has 0 saturated carbocycles. The van der Waals surface area contributed by atoms with Gasteiger partial charge in [-0.1, -0.05) is 4.68 Å². The quantitative estimate of drug-likeness (QED) is 0.406. The minimum atomic E-state index is 0. The van der Waals surface area contributed by atoms with Crippen molar-refractivity contribution in [3.8, 4) is 5.88 Å². The third-order valence-corrected chi connectivity index (χ3v) is 1.44. The van der Waals surface area contributed by atoms with E-state index in [1.807, 2.05) is 26.1 Å². The van der Waals surface area contributed by atoms with Crippen molar-refractivity contribution in [1.82, 2.24) is 5.10 Å². The molecule has 0 aliphatic rings. The van der Waals surface area contributed by atoms with Gasteiger partial charge in [-0.3, -0.25) is 0 Å². The van der Waals surface area contributed by atoms with Crippen LogP contribution in [0.3, 0.4) is 0 Å². The molecule has 1 rings (SSSR count). The van der Waals surface area contributed by atoms with Crippen LogP contribution >= 0.6 is 0 Å². The van der Waals surface area contributed by atoms with Crippen molar-refractivity contribution in [1.29, 1.82) is 0 Å². The third kappa shape index (κ3) is 2.61. The van der Waals surface area contributed by atoms with Crippen molar-refractivity contribution in [3.63, 3.8) is 0 Å². The van der Waals surface area contributed by atoms with Crippen LogP contribution in [0.1, 0.15) is 5.69 Å². The Hall–Kier alpha value is -0.390. The predicted molar refractivity (Wildman–Crippen MR) is 36.7 cm³/mol. The van der Waals surface area contributed by atoms with Crippen LogP contribution in [0.15, 0.2) is 12.1 Å². The Morgan fingerprint density at radius 1 is 1.45 bits per heavy atom. The van der Waals surface area contributed by atoms with Crippen molar-refractivity contribution >= 4 is 0 Å².